The summed E-state index contributed by atoms with van der Waals surface area (Å²) in [5, 5.41) is 6.87. The van der Waals surface area contributed by atoms with Gasteiger partial charge in [0.1, 0.15) is 5.60 Å². The van der Waals surface area contributed by atoms with Gasteiger partial charge < -0.3 is 15.4 Å². The third-order valence-electron chi connectivity index (χ3n) is 4.61. The van der Waals surface area contributed by atoms with Gasteiger partial charge in [0, 0.05) is 29.6 Å². The molecule has 2 N–H and O–H groups in total. The molecule has 1 amide bonds. The van der Waals surface area contributed by atoms with Crippen LogP contribution in [0.1, 0.15) is 57.2 Å². The molecule has 0 aromatic heterocycles. The van der Waals surface area contributed by atoms with E-state index in [1.54, 1.807) is 0 Å². The summed E-state index contributed by atoms with van der Waals surface area (Å²) in [6.45, 7) is 5.69. The maximum atomic E-state index is 12.1. The summed E-state index contributed by atoms with van der Waals surface area (Å²) >= 11 is 1.98. The van der Waals surface area contributed by atoms with Crippen LogP contribution in [0.15, 0.2) is 24.3 Å². The fraction of sp³-hybridized carbons (Fsp3) is 0.632. The lowest BCUT2D eigenvalue weighted by Crippen LogP contribution is -2.49. The first-order chi connectivity index (χ1) is 11.4. The molecular weight excluding hydrogens is 320 g/mol. The zero-order chi connectivity index (χ0) is 17.2. The largest absolute Gasteiger partial charge is 0.444 e. The van der Waals surface area contributed by atoms with Gasteiger partial charge in [-0.15, -0.1) is 0 Å². The Morgan fingerprint density at radius 1 is 1.21 bits per heavy atom. The lowest BCUT2D eigenvalue weighted by molar-refractivity contribution is 0.0497. The Kier molecular flexibility index (Phi) is 5.40. The van der Waals surface area contributed by atoms with Crippen LogP contribution in [0.4, 0.5) is 4.79 Å². The zero-order valence-corrected chi connectivity index (χ0v) is 15.6. The molecule has 0 saturated heterocycles. The SMILES string of the molecule is CC(C)(C)OC(=O)NC1CCCC1NC1CSCc2ccccc21. The van der Waals surface area contributed by atoms with Gasteiger partial charge in [-0.2, -0.15) is 11.8 Å². The lowest BCUT2D eigenvalue weighted by Gasteiger charge is -2.32. The van der Waals surface area contributed by atoms with E-state index in [9.17, 15) is 4.79 Å². The van der Waals surface area contributed by atoms with Gasteiger partial charge in [-0.3, -0.25) is 0 Å². The fourth-order valence-electron chi connectivity index (χ4n) is 3.57. The Hall–Kier alpha value is -1.20. The van der Waals surface area contributed by atoms with Gasteiger partial charge in [-0.05, 0) is 51.2 Å². The molecule has 0 bridgehead atoms. The number of carbonyl (C=O) groups is 1. The molecule has 3 unspecified atom stereocenters. The number of hydrogen-bond acceptors (Lipinski definition) is 4. The average molecular weight is 349 g/mol. The highest BCUT2D eigenvalue weighted by atomic mass is 32.2. The molecule has 0 spiro atoms. The van der Waals surface area contributed by atoms with Crippen molar-refractivity contribution in [2.24, 2.45) is 0 Å². The number of benzene rings is 1. The molecule has 1 aromatic carbocycles. The third-order valence-corrected chi connectivity index (χ3v) is 5.69. The topological polar surface area (TPSA) is 50.4 Å². The lowest BCUT2D eigenvalue weighted by atomic mass is 10.0. The van der Waals surface area contributed by atoms with Crippen LogP contribution in [0.5, 0.6) is 0 Å². The van der Waals surface area contributed by atoms with Crippen molar-refractivity contribution >= 4 is 17.9 Å². The molecule has 1 fully saturated rings. The summed E-state index contributed by atoms with van der Waals surface area (Å²) in [6.07, 6.45) is 2.95. The Balaban J connectivity index is 1.62. The molecule has 1 aliphatic heterocycles. The van der Waals surface area contributed by atoms with Crippen molar-refractivity contribution in [1.82, 2.24) is 10.6 Å². The summed E-state index contributed by atoms with van der Waals surface area (Å²) in [5.74, 6) is 2.19. The fourth-order valence-corrected chi connectivity index (χ4v) is 4.68. The summed E-state index contributed by atoms with van der Waals surface area (Å²) < 4.78 is 5.41. The number of ether oxygens (including phenoxy) is 1. The predicted octanol–water partition coefficient (Wildman–Crippen LogP) is 4.01. The van der Waals surface area contributed by atoms with E-state index in [2.05, 4.69) is 34.9 Å². The number of alkyl carbamates (subject to hydrolysis) is 1. The predicted molar refractivity (Wildman–Crippen MR) is 99.3 cm³/mol. The first-order valence-corrected chi connectivity index (χ1v) is 9.99. The highest BCUT2D eigenvalue weighted by molar-refractivity contribution is 7.98. The Morgan fingerprint density at radius 3 is 2.75 bits per heavy atom. The standard InChI is InChI=1S/C19H28N2O2S/c1-19(2,3)23-18(22)21-16-10-6-9-15(16)20-17-12-24-11-13-7-4-5-8-14(13)17/h4-5,7-8,15-17,20H,6,9-12H2,1-3H3,(H,21,22). The van der Waals surface area contributed by atoms with Gasteiger partial charge in [0.15, 0.2) is 0 Å². The molecule has 2 aliphatic rings. The Morgan fingerprint density at radius 2 is 1.96 bits per heavy atom. The summed E-state index contributed by atoms with van der Waals surface area (Å²) in [6, 6.07) is 9.53. The highest BCUT2D eigenvalue weighted by Gasteiger charge is 2.33. The van der Waals surface area contributed by atoms with E-state index in [1.165, 1.54) is 11.1 Å². The number of rotatable bonds is 3. The van der Waals surface area contributed by atoms with Crippen molar-refractivity contribution in [3.05, 3.63) is 35.4 Å². The maximum absolute atomic E-state index is 12.1. The van der Waals surface area contributed by atoms with Crippen molar-refractivity contribution in [3.63, 3.8) is 0 Å². The van der Waals surface area contributed by atoms with Crippen molar-refractivity contribution in [2.45, 2.75) is 69.5 Å². The molecule has 4 nitrogen and oxygen atoms in total. The van der Waals surface area contributed by atoms with Crippen LogP contribution >= 0.6 is 11.8 Å². The van der Waals surface area contributed by atoms with Crippen LogP contribution in [0.25, 0.3) is 0 Å². The minimum atomic E-state index is -0.454. The van der Waals surface area contributed by atoms with E-state index in [-0.39, 0.29) is 12.1 Å². The van der Waals surface area contributed by atoms with Crippen LogP contribution in [-0.4, -0.2) is 29.5 Å². The number of thioether (sulfide) groups is 1. The van der Waals surface area contributed by atoms with E-state index in [0.29, 0.717) is 12.1 Å². The van der Waals surface area contributed by atoms with Crippen molar-refractivity contribution in [3.8, 4) is 0 Å². The van der Waals surface area contributed by atoms with Crippen LogP contribution in [0, 0.1) is 0 Å². The Bertz CT molecular complexity index is 585. The van der Waals surface area contributed by atoms with Crippen LogP contribution in [-0.2, 0) is 10.5 Å². The van der Waals surface area contributed by atoms with Gasteiger partial charge in [0.25, 0.3) is 0 Å². The second kappa shape index (κ2) is 7.36. The Labute approximate surface area is 149 Å². The third kappa shape index (κ3) is 4.45. The highest BCUT2D eigenvalue weighted by Crippen LogP contribution is 2.33. The maximum Gasteiger partial charge on any atom is 0.407 e. The van der Waals surface area contributed by atoms with E-state index < -0.39 is 5.60 Å². The van der Waals surface area contributed by atoms with E-state index in [1.807, 2.05) is 32.5 Å². The molecule has 1 aliphatic carbocycles. The van der Waals surface area contributed by atoms with Gasteiger partial charge >= 0.3 is 6.09 Å². The van der Waals surface area contributed by atoms with Crippen molar-refractivity contribution in [1.29, 1.82) is 0 Å². The van der Waals surface area contributed by atoms with Crippen LogP contribution in [0.2, 0.25) is 0 Å². The minimum Gasteiger partial charge on any atom is -0.444 e. The number of amides is 1. The molecule has 3 rings (SSSR count). The molecule has 3 atom stereocenters. The zero-order valence-electron chi connectivity index (χ0n) is 14.8. The van der Waals surface area contributed by atoms with Crippen LogP contribution < -0.4 is 10.6 Å². The second-order valence-electron chi connectivity index (χ2n) is 7.72. The van der Waals surface area contributed by atoms with Gasteiger partial charge in [-0.1, -0.05) is 24.3 Å². The second-order valence-corrected chi connectivity index (χ2v) is 8.75. The van der Waals surface area contributed by atoms with E-state index in [4.69, 9.17) is 4.74 Å². The first-order valence-electron chi connectivity index (χ1n) is 8.83. The molecule has 1 aromatic rings. The summed E-state index contributed by atoms with van der Waals surface area (Å²) in [7, 11) is 0. The van der Waals surface area contributed by atoms with Crippen molar-refractivity contribution < 1.29 is 9.53 Å². The normalized spacial score (nSPS) is 26.7. The summed E-state index contributed by atoms with van der Waals surface area (Å²) in [5.41, 5.74) is 2.39. The molecule has 24 heavy (non-hydrogen) atoms. The molecule has 0 radical (unpaired) electrons. The van der Waals surface area contributed by atoms with Gasteiger partial charge in [0.05, 0.1) is 0 Å². The van der Waals surface area contributed by atoms with Crippen molar-refractivity contribution in [2.75, 3.05) is 5.75 Å². The van der Waals surface area contributed by atoms with Crippen LogP contribution in [0.3, 0.4) is 0 Å². The minimum absolute atomic E-state index is 0.152. The summed E-state index contributed by atoms with van der Waals surface area (Å²) in [4.78, 5) is 12.1. The molecular formula is C19H28N2O2S. The number of fused-ring (bicyclic) bond motifs is 1. The van der Waals surface area contributed by atoms with Gasteiger partial charge in [-0.25, -0.2) is 4.79 Å². The average Bonchev–Trinajstić information content (AvgIpc) is 2.92. The number of carbonyl (C=O) groups excluding carboxylic acids is 1. The van der Waals surface area contributed by atoms with E-state index in [0.717, 1.165) is 30.8 Å². The quantitative estimate of drug-likeness (QED) is 0.866. The molecule has 1 saturated carbocycles. The first kappa shape index (κ1) is 17.6. The van der Waals surface area contributed by atoms with E-state index >= 15 is 0 Å². The monoisotopic (exact) mass is 348 g/mol. The number of nitrogens with one attached hydrogen (secondary N) is 2. The smallest absolute Gasteiger partial charge is 0.407 e. The number of hydrogen-bond donors (Lipinski definition) is 2. The molecule has 5 heteroatoms. The molecule has 1 heterocycles. The van der Waals surface area contributed by atoms with Gasteiger partial charge in [0.2, 0.25) is 0 Å². The molecule has 132 valence electrons.